The van der Waals surface area contributed by atoms with Crippen molar-refractivity contribution in [2.75, 3.05) is 33.2 Å². The van der Waals surface area contributed by atoms with Crippen molar-refractivity contribution >= 4 is 11.6 Å². The topological polar surface area (TPSA) is 49.4 Å². The normalized spacial score (nSPS) is 22.8. The first-order valence-corrected chi connectivity index (χ1v) is 12.5. The smallest absolute Gasteiger partial charge is 0.147 e. The quantitative estimate of drug-likeness (QED) is 0.671. The summed E-state index contributed by atoms with van der Waals surface area (Å²) >= 11 is 0. The average Bonchev–Trinajstić information content (AvgIpc) is 3.21. The van der Waals surface area contributed by atoms with Crippen LogP contribution in [0.25, 0.3) is 0 Å². The van der Waals surface area contributed by atoms with Crippen molar-refractivity contribution in [2.45, 2.75) is 63.2 Å². The summed E-state index contributed by atoms with van der Waals surface area (Å²) < 4.78 is 0. The van der Waals surface area contributed by atoms with Crippen LogP contribution in [0.5, 0.6) is 0 Å². The Balaban J connectivity index is 0.000000139. The monoisotopic (exact) mass is 444 g/mol. The molecular formula is C29H36N2O2. The molecule has 2 aromatic rings. The van der Waals surface area contributed by atoms with E-state index in [1.54, 1.807) is 0 Å². The van der Waals surface area contributed by atoms with Crippen LogP contribution in [0.1, 0.15) is 59.1 Å². The predicted octanol–water partition coefficient (Wildman–Crippen LogP) is 3.83. The lowest BCUT2D eigenvalue weighted by Crippen LogP contribution is -2.44. The Morgan fingerprint density at radius 2 is 1.18 bits per heavy atom. The van der Waals surface area contributed by atoms with Gasteiger partial charge >= 0.3 is 0 Å². The number of Topliss-reactive ketones (excluding diaryl/α,β-unsaturated/α-hetero) is 2. The van der Waals surface area contributed by atoms with Gasteiger partial charge in [0.25, 0.3) is 0 Å². The molecule has 0 amide bonds. The molecule has 2 aliphatic heterocycles. The molecule has 1 N–H and O–H groups in total. The fourth-order valence-electron chi connectivity index (χ4n) is 6.61. The third kappa shape index (κ3) is 3.77. The maximum Gasteiger partial charge on any atom is 0.147 e. The summed E-state index contributed by atoms with van der Waals surface area (Å²) in [5, 5.41) is 3.35. The lowest BCUT2D eigenvalue weighted by Gasteiger charge is -2.37. The molecule has 4 aliphatic rings. The molecule has 2 aromatic carbocycles. The van der Waals surface area contributed by atoms with Gasteiger partial charge in [-0.1, -0.05) is 47.5 Å². The van der Waals surface area contributed by atoms with Gasteiger partial charge in [0, 0.05) is 12.8 Å². The third-order valence-corrected chi connectivity index (χ3v) is 8.62. The average molecular weight is 445 g/mol. The van der Waals surface area contributed by atoms with Crippen LogP contribution in [0.3, 0.4) is 0 Å². The largest absolute Gasteiger partial charge is 0.317 e. The Bertz CT molecular complexity index is 1090. The zero-order chi connectivity index (χ0) is 23.2. The SMILES string of the molecule is Cc1ccc2c(c1)CC(=O)C21CCN(C)CC1.Cc1ccc2c(c1)CC(=O)C21CCNCC1. The van der Waals surface area contributed by atoms with Gasteiger partial charge in [-0.3, -0.25) is 9.59 Å². The number of fused-ring (bicyclic) bond motifs is 4. The second-order valence-corrected chi connectivity index (χ2v) is 10.7. The maximum absolute atomic E-state index is 12.4. The highest BCUT2D eigenvalue weighted by molar-refractivity contribution is 5.97. The molecule has 4 nitrogen and oxygen atoms in total. The first-order chi connectivity index (χ1) is 15.8. The summed E-state index contributed by atoms with van der Waals surface area (Å²) in [6.45, 7) is 8.22. The summed E-state index contributed by atoms with van der Waals surface area (Å²) in [5.74, 6) is 0.890. The maximum atomic E-state index is 12.4. The molecule has 0 unspecified atom stereocenters. The number of rotatable bonds is 0. The number of hydrogen-bond donors (Lipinski definition) is 1. The van der Waals surface area contributed by atoms with Gasteiger partial charge in [0.15, 0.2) is 0 Å². The van der Waals surface area contributed by atoms with E-state index in [4.69, 9.17) is 0 Å². The minimum atomic E-state index is -0.145. The number of nitrogens with zero attached hydrogens (tertiary/aromatic N) is 1. The Morgan fingerprint density at radius 3 is 1.67 bits per heavy atom. The van der Waals surface area contributed by atoms with Crippen molar-refractivity contribution in [1.82, 2.24) is 10.2 Å². The van der Waals surface area contributed by atoms with Gasteiger partial charge in [-0.25, -0.2) is 0 Å². The van der Waals surface area contributed by atoms with Crippen LogP contribution in [0.2, 0.25) is 0 Å². The lowest BCUT2D eigenvalue weighted by molar-refractivity contribution is -0.124. The minimum Gasteiger partial charge on any atom is -0.317 e. The van der Waals surface area contributed by atoms with Gasteiger partial charge in [0.1, 0.15) is 11.6 Å². The fraction of sp³-hybridized carbons (Fsp3) is 0.517. The van der Waals surface area contributed by atoms with Crippen LogP contribution in [-0.4, -0.2) is 49.7 Å². The summed E-state index contributed by atoms with van der Waals surface area (Å²) in [6, 6.07) is 13.0. The third-order valence-electron chi connectivity index (χ3n) is 8.62. The van der Waals surface area contributed by atoms with Crippen molar-refractivity contribution in [3.63, 3.8) is 0 Å². The molecule has 2 spiro atoms. The van der Waals surface area contributed by atoms with E-state index in [0.717, 1.165) is 51.9 Å². The van der Waals surface area contributed by atoms with Crippen LogP contribution < -0.4 is 5.32 Å². The lowest BCUT2D eigenvalue weighted by atomic mass is 9.73. The van der Waals surface area contributed by atoms with E-state index >= 15 is 0 Å². The first-order valence-electron chi connectivity index (χ1n) is 12.5. The van der Waals surface area contributed by atoms with Crippen LogP contribution in [-0.2, 0) is 33.3 Å². The summed E-state index contributed by atoms with van der Waals surface area (Å²) in [7, 11) is 2.14. The summed E-state index contributed by atoms with van der Waals surface area (Å²) in [5.41, 5.74) is 7.42. The molecule has 174 valence electrons. The highest BCUT2D eigenvalue weighted by Gasteiger charge is 2.47. The molecular weight excluding hydrogens is 408 g/mol. The number of carbonyl (C=O) groups excluding carboxylic acids is 2. The second-order valence-electron chi connectivity index (χ2n) is 10.7. The molecule has 2 heterocycles. The Morgan fingerprint density at radius 1 is 0.727 bits per heavy atom. The molecule has 0 aromatic heterocycles. The standard InChI is InChI=1S/C15H19NO.C14H17NO/c1-11-3-4-13-12(9-11)10-14(17)15(13)5-7-16(2)8-6-15;1-10-2-3-12-11(8-10)9-13(16)14(12)4-6-15-7-5-14/h3-4,9H,5-8,10H2,1-2H3;2-3,8,15H,4-7,9H2,1H3. The minimum absolute atomic E-state index is 0.143. The fourth-order valence-corrected chi connectivity index (χ4v) is 6.61. The van der Waals surface area contributed by atoms with Crippen molar-refractivity contribution in [3.8, 4) is 0 Å². The summed E-state index contributed by atoms with van der Waals surface area (Å²) in [4.78, 5) is 27.0. The second kappa shape index (κ2) is 8.48. The van der Waals surface area contributed by atoms with Gasteiger partial charge in [-0.2, -0.15) is 0 Å². The van der Waals surface area contributed by atoms with Gasteiger partial charge < -0.3 is 10.2 Å². The Hall–Kier alpha value is -2.30. The molecule has 2 aliphatic carbocycles. The van der Waals surface area contributed by atoms with Gasteiger partial charge in [-0.05, 0) is 95.0 Å². The van der Waals surface area contributed by atoms with Crippen molar-refractivity contribution in [3.05, 3.63) is 69.8 Å². The van der Waals surface area contributed by atoms with E-state index in [0.29, 0.717) is 24.4 Å². The van der Waals surface area contributed by atoms with Crippen LogP contribution >= 0.6 is 0 Å². The van der Waals surface area contributed by atoms with Crippen LogP contribution in [0.15, 0.2) is 36.4 Å². The number of hydrogen-bond acceptors (Lipinski definition) is 4. The molecule has 0 atom stereocenters. The van der Waals surface area contributed by atoms with Gasteiger partial charge in [-0.15, -0.1) is 0 Å². The van der Waals surface area contributed by atoms with Crippen molar-refractivity contribution < 1.29 is 9.59 Å². The molecule has 2 fully saturated rings. The highest BCUT2D eigenvalue weighted by atomic mass is 16.1. The first kappa shape index (κ1) is 22.5. The predicted molar refractivity (Wildman–Crippen MR) is 132 cm³/mol. The van der Waals surface area contributed by atoms with Gasteiger partial charge in [0.05, 0.1) is 10.8 Å². The molecule has 4 heteroatoms. The van der Waals surface area contributed by atoms with Crippen molar-refractivity contribution in [1.29, 1.82) is 0 Å². The van der Waals surface area contributed by atoms with E-state index in [2.05, 4.69) is 67.5 Å². The Labute approximate surface area is 197 Å². The van der Waals surface area contributed by atoms with E-state index < -0.39 is 0 Å². The van der Waals surface area contributed by atoms with E-state index in [1.807, 2.05) is 0 Å². The molecule has 0 bridgehead atoms. The van der Waals surface area contributed by atoms with E-state index in [1.165, 1.54) is 33.4 Å². The van der Waals surface area contributed by atoms with Gasteiger partial charge in [0.2, 0.25) is 0 Å². The summed E-state index contributed by atoms with van der Waals surface area (Å²) in [6.07, 6.45) is 5.25. The molecule has 33 heavy (non-hydrogen) atoms. The Kier molecular flexibility index (Phi) is 5.78. The number of carbonyl (C=O) groups is 2. The van der Waals surface area contributed by atoms with E-state index in [-0.39, 0.29) is 10.8 Å². The number of piperidine rings is 2. The number of likely N-dealkylation sites (tertiary alicyclic amines) is 1. The molecule has 6 rings (SSSR count). The number of aryl methyl sites for hydroxylation is 2. The number of ketones is 2. The van der Waals surface area contributed by atoms with Crippen LogP contribution in [0, 0.1) is 13.8 Å². The number of benzene rings is 2. The zero-order valence-corrected chi connectivity index (χ0v) is 20.3. The molecule has 2 saturated heterocycles. The number of nitrogens with one attached hydrogen (secondary N) is 1. The zero-order valence-electron chi connectivity index (χ0n) is 20.3. The highest BCUT2D eigenvalue weighted by Crippen LogP contribution is 2.44. The van der Waals surface area contributed by atoms with Crippen molar-refractivity contribution in [2.24, 2.45) is 0 Å². The van der Waals surface area contributed by atoms with Crippen LogP contribution in [0.4, 0.5) is 0 Å². The molecule has 0 saturated carbocycles. The molecule has 0 radical (unpaired) electrons. The van der Waals surface area contributed by atoms with E-state index in [9.17, 15) is 9.59 Å².